The zero-order chi connectivity index (χ0) is 22.8. The molecule has 1 fully saturated rings. The number of carbonyl (C=O) groups is 4. The second kappa shape index (κ2) is 8.66. The molecule has 0 spiro atoms. The molecule has 10 heteroatoms. The number of carbonyl (C=O) groups excluding carboxylic acids is 4. The van der Waals surface area contributed by atoms with Gasteiger partial charge in [-0.2, -0.15) is 0 Å². The van der Waals surface area contributed by atoms with E-state index in [9.17, 15) is 28.7 Å². The number of amides is 3. The van der Waals surface area contributed by atoms with E-state index >= 15 is 0 Å². The number of carboxylic acids is 1. The Kier molecular flexibility index (Phi) is 5.76. The van der Waals surface area contributed by atoms with Crippen molar-refractivity contribution in [1.82, 2.24) is 4.90 Å². The fourth-order valence-electron chi connectivity index (χ4n) is 3.68. The lowest BCUT2D eigenvalue weighted by molar-refractivity contribution is -0.305. The molecule has 2 aliphatic rings. The largest absolute Gasteiger partial charge is 0.550 e. The fourth-order valence-corrected chi connectivity index (χ4v) is 3.68. The Morgan fingerprint density at radius 3 is 2.50 bits per heavy atom. The van der Waals surface area contributed by atoms with Gasteiger partial charge in [0.2, 0.25) is 18.6 Å². The number of halogens is 1. The van der Waals surface area contributed by atoms with Crippen LogP contribution in [0.25, 0.3) is 0 Å². The van der Waals surface area contributed by atoms with E-state index in [1.165, 1.54) is 17.0 Å². The van der Waals surface area contributed by atoms with Gasteiger partial charge in [0.05, 0.1) is 12.1 Å². The van der Waals surface area contributed by atoms with E-state index in [-0.39, 0.29) is 31.9 Å². The van der Waals surface area contributed by atoms with Gasteiger partial charge in [-0.3, -0.25) is 14.4 Å². The molecule has 3 amide bonds. The van der Waals surface area contributed by atoms with Crippen LogP contribution in [0, 0.1) is 5.82 Å². The first-order valence-corrected chi connectivity index (χ1v) is 9.83. The van der Waals surface area contributed by atoms with Crippen LogP contribution >= 0.6 is 0 Å². The maximum atomic E-state index is 13.3. The van der Waals surface area contributed by atoms with E-state index < -0.39 is 42.0 Å². The Balaban J connectivity index is 1.61. The molecule has 2 aliphatic heterocycles. The van der Waals surface area contributed by atoms with Gasteiger partial charge in [0, 0.05) is 18.9 Å². The molecule has 2 heterocycles. The van der Waals surface area contributed by atoms with Crippen molar-refractivity contribution in [3.05, 3.63) is 53.8 Å². The summed E-state index contributed by atoms with van der Waals surface area (Å²) in [7, 11) is 0. The van der Waals surface area contributed by atoms with Gasteiger partial charge >= 0.3 is 0 Å². The maximum absolute atomic E-state index is 13.3. The van der Waals surface area contributed by atoms with Gasteiger partial charge in [-0.25, -0.2) is 9.29 Å². The number of nitrogens with zero attached hydrogens (tertiary/aromatic N) is 2. The quantitative estimate of drug-likeness (QED) is 0.582. The van der Waals surface area contributed by atoms with Crippen LogP contribution in [0.2, 0.25) is 0 Å². The van der Waals surface area contributed by atoms with Crippen LogP contribution in [-0.4, -0.2) is 41.4 Å². The van der Waals surface area contributed by atoms with Crippen LogP contribution in [0.1, 0.15) is 24.8 Å². The molecule has 0 aromatic heterocycles. The molecule has 166 valence electrons. The summed E-state index contributed by atoms with van der Waals surface area (Å²) in [6, 6.07) is 8.71. The van der Waals surface area contributed by atoms with Crippen molar-refractivity contribution in [2.75, 3.05) is 11.7 Å². The number of benzene rings is 2. The Bertz CT molecular complexity index is 1090. The fraction of sp³-hybridized carbons (Fsp3) is 0.273. The van der Waals surface area contributed by atoms with Gasteiger partial charge < -0.3 is 24.3 Å². The monoisotopic (exact) mass is 441 g/mol. The molecule has 0 bridgehead atoms. The molecule has 32 heavy (non-hydrogen) atoms. The van der Waals surface area contributed by atoms with Crippen LogP contribution in [0.15, 0.2) is 42.5 Å². The highest BCUT2D eigenvalue weighted by molar-refractivity contribution is 6.23. The average Bonchev–Trinajstić information content (AvgIpc) is 3.34. The Morgan fingerprint density at radius 1 is 1.06 bits per heavy atom. The first-order valence-electron chi connectivity index (χ1n) is 9.83. The van der Waals surface area contributed by atoms with Gasteiger partial charge in [-0.1, -0.05) is 6.07 Å². The first kappa shape index (κ1) is 21.3. The molecule has 0 N–H and O–H groups in total. The number of hydrogen-bond acceptors (Lipinski definition) is 7. The van der Waals surface area contributed by atoms with E-state index in [1.807, 2.05) is 0 Å². The molecule has 0 radical (unpaired) electrons. The summed E-state index contributed by atoms with van der Waals surface area (Å²) in [5.41, 5.74) is 0.797. The van der Waals surface area contributed by atoms with Crippen molar-refractivity contribution >= 4 is 29.4 Å². The SMILES string of the molecule is O=C([O-])CCC(=O)N(Cc1ccc2c(c1)OCO2)[C@H]1CC(=O)N(c2ccc(F)cc2)C1=O. The average molecular weight is 441 g/mol. The minimum atomic E-state index is -1.40. The summed E-state index contributed by atoms with van der Waals surface area (Å²) in [5, 5.41) is 10.8. The number of ether oxygens (including phenoxy) is 2. The van der Waals surface area contributed by atoms with Gasteiger partial charge in [0.1, 0.15) is 11.9 Å². The van der Waals surface area contributed by atoms with E-state index in [1.54, 1.807) is 18.2 Å². The first-order chi connectivity index (χ1) is 15.3. The lowest BCUT2D eigenvalue weighted by Gasteiger charge is -2.28. The number of hydrogen-bond donors (Lipinski definition) is 0. The van der Waals surface area contributed by atoms with Crippen molar-refractivity contribution < 1.29 is 38.1 Å². The summed E-state index contributed by atoms with van der Waals surface area (Å²) >= 11 is 0. The van der Waals surface area contributed by atoms with Crippen LogP contribution < -0.4 is 19.5 Å². The molecule has 0 unspecified atom stereocenters. The number of carboxylic acid groups (broad SMARTS) is 1. The van der Waals surface area contributed by atoms with Crippen molar-refractivity contribution in [3.8, 4) is 11.5 Å². The molecule has 1 atom stereocenters. The second-order valence-corrected chi connectivity index (χ2v) is 7.34. The molecule has 1 saturated heterocycles. The standard InChI is InChI=1S/C22H19FN2O7/c23-14-2-4-15(5-3-14)25-20(27)10-16(22(25)30)24(19(26)7-8-21(28)29)11-13-1-6-17-18(9-13)32-12-31-17/h1-6,9,16H,7-8,10-12H2,(H,28,29)/p-1/t16-/m0/s1. The summed E-state index contributed by atoms with van der Waals surface area (Å²) < 4.78 is 23.9. The van der Waals surface area contributed by atoms with Crippen molar-refractivity contribution in [1.29, 1.82) is 0 Å². The number of imide groups is 1. The molecular formula is C22H18FN2O7-. The van der Waals surface area contributed by atoms with Gasteiger partial charge in [-0.15, -0.1) is 0 Å². The highest BCUT2D eigenvalue weighted by Gasteiger charge is 2.44. The topological polar surface area (TPSA) is 116 Å². The van der Waals surface area contributed by atoms with Crippen molar-refractivity contribution in [2.24, 2.45) is 0 Å². The third-order valence-electron chi connectivity index (χ3n) is 5.24. The minimum absolute atomic E-state index is 0.0521. The van der Waals surface area contributed by atoms with E-state index in [0.29, 0.717) is 17.1 Å². The zero-order valence-electron chi connectivity index (χ0n) is 16.8. The Hall–Kier alpha value is -3.95. The highest BCUT2D eigenvalue weighted by atomic mass is 19.1. The highest BCUT2D eigenvalue weighted by Crippen LogP contribution is 2.34. The summed E-state index contributed by atoms with van der Waals surface area (Å²) in [6.07, 6.45) is -1.19. The lowest BCUT2D eigenvalue weighted by Crippen LogP contribution is -2.45. The Labute approximate surface area is 181 Å². The van der Waals surface area contributed by atoms with Crippen molar-refractivity contribution in [2.45, 2.75) is 31.8 Å². The van der Waals surface area contributed by atoms with Gasteiger partial charge in [0.15, 0.2) is 11.5 Å². The third-order valence-corrected chi connectivity index (χ3v) is 5.24. The smallest absolute Gasteiger partial charge is 0.257 e. The number of rotatable bonds is 7. The van der Waals surface area contributed by atoms with E-state index in [4.69, 9.17) is 9.47 Å². The van der Waals surface area contributed by atoms with E-state index in [0.717, 1.165) is 17.0 Å². The molecule has 0 aliphatic carbocycles. The van der Waals surface area contributed by atoms with Gasteiger partial charge in [-0.05, 0) is 48.4 Å². The lowest BCUT2D eigenvalue weighted by atomic mass is 10.1. The summed E-state index contributed by atoms with van der Waals surface area (Å²) in [5.74, 6) is -2.71. The van der Waals surface area contributed by atoms with Crippen LogP contribution in [0.4, 0.5) is 10.1 Å². The summed E-state index contributed by atoms with van der Waals surface area (Å²) in [6.45, 7) is 0.0127. The predicted octanol–water partition coefficient (Wildman–Crippen LogP) is 0.745. The van der Waals surface area contributed by atoms with Crippen LogP contribution in [0.3, 0.4) is 0 Å². The molecule has 0 saturated carbocycles. The molecule has 2 aromatic carbocycles. The number of fused-ring (bicyclic) bond motifs is 1. The van der Waals surface area contributed by atoms with Crippen molar-refractivity contribution in [3.63, 3.8) is 0 Å². The molecular weight excluding hydrogens is 423 g/mol. The molecule has 9 nitrogen and oxygen atoms in total. The van der Waals surface area contributed by atoms with E-state index in [2.05, 4.69) is 0 Å². The Morgan fingerprint density at radius 2 is 1.78 bits per heavy atom. The molecule has 2 aromatic rings. The number of anilines is 1. The maximum Gasteiger partial charge on any atom is 0.257 e. The third kappa shape index (κ3) is 4.25. The second-order valence-electron chi connectivity index (χ2n) is 7.34. The zero-order valence-corrected chi connectivity index (χ0v) is 16.8. The minimum Gasteiger partial charge on any atom is -0.550 e. The normalized spacial score (nSPS) is 17.0. The summed E-state index contributed by atoms with van der Waals surface area (Å²) in [4.78, 5) is 51.5. The van der Waals surface area contributed by atoms with Crippen LogP contribution in [0.5, 0.6) is 11.5 Å². The molecule has 4 rings (SSSR count). The number of aliphatic carboxylic acids is 1. The van der Waals surface area contributed by atoms with Gasteiger partial charge in [0.25, 0.3) is 5.91 Å². The predicted molar refractivity (Wildman–Crippen MR) is 105 cm³/mol. The van der Waals surface area contributed by atoms with Crippen LogP contribution in [-0.2, 0) is 25.7 Å².